The number of likely N-dealkylation sites (tertiary alicyclic amines) is 1. The van der Waals surface area contributed by atoms with Gasteiger partial charge in [-0.25, -0.2) is 0 Å². The Morgan fingerprint density at radius 1 is 1.38 bits per heavy atom. The van der Waals surface area contributed by atoms with E-state index in [4.69, 9.17) is 5.53 Å². The van der Waals surface area contributed by atoms with Gasteiger partial charge in [0.15, 0.2) is 0 Å². The number of aliphatic hydroxyl groups is 1. The van der Waals surface area contributed by atoms with E-state index < -0.39 is 6.10 Å². The highest BCUT2D eigenvalue weighted by Gasteiger charge is 2.27. The van der Waals surface area contributed by atoms with Gasteiger partial charge in [0.05, 0.1) is 6.10 Å². The van der Waals surface area contributed by atoms with E-state index in [1.807, 2.05) is 30.3 Å². The quantitative estimate of drug-likeness (QED) is 0.511. The molecule has 0 spiro atoms. The second-order valence-electron chi connectivity index (χ2n) is 5.33. The van der Waals surface area contributed by atoms with Gasteiger partial charge in [-0.15, -0.1) is 0 Å². The van der Waals surface area contributed by atoms with Crippen LogP contribution in [0.25, 0.3) is 10.4 Å². The minimum Gasteiger partial charge on any atom is -0.393 e. The van der Waals surface area contributed by atoms with Gasteiger partial charge < -0.3 is 10.0 Å². The lowest BCUT2D eigenvalue weighted by Gasteiger charge is -2.30. The van der Waals surface area contributed by atoms with E-state index in [9.17, 15) is 9.90 Å². The van der Waals surface area contributed by atoms with Crippen molar-refractivity contribution in [3.05, 3.63) is 46.3 Å². The molecule has 1 fully saturated rings. The van der Waals surface area contributed by atoms with Crippen LogP contribution in [0.2, 0.25) is 0 Å². The normalized spacial score (nSPS) is 20.5. The van der Waals surface area contributed by atoms with Crippen LogP contribution in [-0.4, -0.2) is 41.1 Å². The van der Waals surface area contributed by atoms with Crippen LogP contribution in [-0.2, 0) is 11.2 Å². The molecule has 2 rings (SSSR count). The number of benzene rings is 1. The smallest absolute Gasteiger partial charge is 0.222 e. The van der Waals surface area contributed by atoms with E-state index in [1.165, 1.54) is 0 Å². The zero-order chi connectivity index (χ0) is 15.1. The van der Waals surface area contributed by atoms with Crippen molar-refractivity contribution >= 4 is 5.91 Å². The van der Waals surface area contributed by atoms with Crippen molar-refractivity contribution in [2.45, 2.75) is 37.8 Å². The summed E-state index contributed by atoms with van der Waals surface area (Å²) in [7, 11) is 0. The molecular weight excluding hydrogens is 268 g/mol. The minimum absolute atomic E-state index is 0.0284. The fourth-order valence-corrected chi connectivity index (χ4v) is 2.67. The van der Waals surface area contributed by atoms with Crippen LogP contribution < -0.4 is 0 Å². The summed E-state index contributed by atoms with van der Waals surface area (Å²) in [5.74, 6) is 0.0284. The lowest BCUT2D eigenvalue weighted by Crippen LogP contribution is -2.43. The van der Waals surface area contributed by atoms with Crippen molar-refractivity contribution < 1.29 is 9.90 Å². The molecule has 1 heterocycles. The Labute approximate surface area is 124 Å². The second-order valence-corrected chi connectivity index (χ2v) is 5.33. The molecular formula is C15H20N4O2. The summed E-state index contributed by atoms with van der Waals surface area (Å²) in [5, 5.41) is 13.4. The molecule has 0 aromatic heterocycles. The van der Waals surface area contributed by atoms with E-state index in [2.05, 4.69) is 10.0 Å². The minimum atomic E-state index is -0.421. The molecule has 1 aromatic carbocycles. The third kappa shape index (κ3) is 4.48. The van der Waals surface area contributed by atoms with Gasteiger partial charge in [-0.3, -0.25) is 4.79 Å². The molecule has 0 unspecified atom stereocenters. The van der Waals surface area contributed by atoms with Crippen LogP contribution in [0.1, 0.15) is 24.8 Å². The van der Waals surface area contributed by atoms with Gasteiger partial charge >= 0.3 is 0 Å². The van der Waals surface area contributed by atoms with Gasteiger partial charge in [0.25, 0.3) is 0 Å². The molecule has 1 saturated heterocycles. The monoisotopic (exact) mass is 288 g/mol. The first-order chi connectivity index (χ1) is 10.2. The first-order valence-electron chi connectivity index (χ1n) is 7.23. The fraction of sp³-hybridized carbons (Fsp3) is 0.533. The molecule has 0 saturated carbocycles. The Bertz CT molecular complexity index is 514. The zero-order valence-electron chi connectivity index (χ0n) is 11.9. The van der Waals surface area contributed by atoms with Gasteiger partial charge in [-0.1, -0.05) is 35.4 Å². The largest absolute Gasteiger partial charge is 0.393 e. The van der Waals surface area contributed by atoms with E-state index in [0.29, 0.717) is 32.2 Å². The number of hydrogen-bond donors (Lipinski definition) is 1. The third-order valence-electron chi connectivity index (χ3n) is 3.83. The summed E-state index contributed by atoms with van der Waals surface area (Å²) < 4.78 is 0. The number of aliphatic hydroxyl groups excluding tert-OH is 1. The lowest BCUT2D eigenvalue weighted by atomic mass is 10.0. The number of carbonyl (C=O) groups excluding carboxylic acids is 1. The van der Waals surface area contributed by atoms with Gasteiger partial charge in [-0.2, -0.15) is 0 Å². The number of azide groups is 1. The molecule has 21 heavy (non-hydrogen) atoms. The average Bonchev–Trinajstić information content (AvgIpc) is 2.67. The average molecular weight is 288 g/mol. The standard InChI is InChI=1S/C15H20N4O2/c16-18-17-11-13(10-12-4-2-1-3-5-12)19-9-8-14(20)6-7-15(19)21/h1-5,13-14,20H,6-11H2/t13-,14-/m0/s1. The first-order valence-corrected chi connectivity index (χ1v) is 7.23. The Morgan fingerprint density at radius 3 is 2.86 bits per heavy atom. The number of hydrogen-bond acceptors (Lipinski definition) is 3. The van der Waals surface area contributed by atoms with Gasteiger partial charge in [0, 0.05) is 30.5 Å². The molecule has 0 radical (unpaired) electrons. The third-order valence-corrected chi connectivity index (χ3v) is 3.83. The predicted octanol–water partition coefficient (Wildman–Crippen LogP) is 2.28. The van der Waals surface area contributed by atoms with E-state index in [-0.39, 0.29) is 18.5 Å². The maximum absolute atomic E-state index is 12.2. The van der Waals surface area contributed by atoms with E-state index >= 15 is 0 Å². The Balaban J connectivity index is 2.13. The molecule has 0 aliphatic carbocycles. The molecule has 2 atom stereocenters. The molecule has 1 N–H and O–H groups in total. The second kappa shape index (κ2) is 7.67. The summed E-state index contributed by atoms with van der Waals surface area (Å²) in [5.41, 5.74) is 9.66. The topological polar surface area (TPSA) is 89.3 Å². The van der Waals surface area contributed by atoms with Crippen LogP contribution >= 0.6 is 0 Å². The van der Waals surface area contributed by atoms with Crippen LogP contribution in [0.3, 0.4) is 0 Å². The van der Waals surface area contributed by atoms with Gasteiger partial charge in [0.1, 0.15) is 0 Å². The maximum Gasteiger partial charge on any atom is 0.222 e. The summed E-state index contributed by atoms with van der Waals surface area (Å²) in [6.07, 6.45) is 1.67. The van der Waals surface area contributed by atoms with Gasteiger partial charge in [-0.05, 0) is 30.4 Å². The number of rotatable bonds is 5. The Kier molecular flexibility index (Phi) is 5.60. The lowest BCUT2D eigenvalue weighted by molar-refractivity contribution is -0.132. The summed E-state index contributed by atoms with van der Waals surface area (Å²) in [6.45, 7) is 0.770. The Morgan fingerprint density at radius 2 is 2.14 bits per heavy atom. The molecule has 1 aromatic rings. The van der Waals surface area contributed by atoms with Crippen molar-refractivity contribution in [1.29, 1.82) is 0 Å². The Hall–Kier alpha value is -2.04. The molecule has 1 amide bonds. The summed E-state index contributed by atoms with van der Waals surface area (Å²) >= 11 is 0. The number of carbonyl (C=O) groups is 1. The number of nitrogens with zero attached hydrogens (tertiary/aromatic N) is 4. The SMILES string of the molecule is [N-]=[N+]=NC[C@H](Cc1ccccc1)N1CC[C@@H](O)CCC1=O. The van der Waals surface area contributed by atoms with Crippen molar-refractivity contribution in [3.63, 3.8) is 0 Å². The molecule has 1 aliphatic rings. The zero-order valence-corrected chi connectivity index (χ0v) is 11.9. The molecule has 1 aliphatic heterocycles. The van der Waals surface area contributed by atoms with Gasteiger partial charge in [0.2, 0.25) is 5.91 Å². The molecule has 0 bridgehead atoms. The van der Waals surface area contributed by atoms with E-state index in [0.717, 1.165) is 5.56 Å². The summed E-state index contributed by atoms with van der Waals surface area (Å²) in [4.78, 5) is 16.8. The number of amides is 1. The predicted molar refractivity (Wildman–Crippen MR) is 79.5 cm³/mol. The van der Waals surface area contributed by atoms with Crippen LogP contribution in [0.4, 0.5) is 0 Å². The van der Waals surface area contributed by atoms with Crippen molar-refractivity contribution in [2.75, 3.05) is 13.1 Å². The highest BCUT2D eigenvalue weighted by molar-refractivity contribution is 5.77. The van der Waals surface area contributed by atoms with Crippen molar-refractivity contribution in [2.24, 2.45) is 5.11 Å². The molecule has 6 heteroatoms. The van der Waals surface area contributed by atoms with Crippen molar-refractivity contribution in [3.8, 4) is 0 Å². The maximum atomic E-state index is 12.2. The first kappa shape index (κ1) is 15.4. The van der Waals surface area contributed by atoms with Crippen molar-refractivity contribution in [1.82, 2.24) is 4.90 Å². The highest BCUT2D eigenvalue weighted by Crippen LogP contribution is 2.18. The van der Waals surface area contributed by atoms with Crippen LogP contribution in [0.5, 0.6) is 0 Å². The van der Waals surface area contributed by atoms with Crippen LogP contribution in [0.15, 0.2) is 35.4 Å². The fourth-order valence-electron chi connectivity index (χ4n) is 2.67. The van der Waals surface area contributed by atoms with Crippen LogP contribution in [0, 0.1) is 0 Å². The highest BCUT2D eigenvalue weighted by atomic mass is 16.3. The van der Waals surface area contributed by atoms with E-state index in [1.54, 1.807) is 4.90 Å². The molecule has 6 nitrogen and oxygen atoms in total. The molecule has 112 valence electrons. The summed E-state index contributed by atoms with van der Waals surface area (Å²) in [6, 6.07) is 9.70.